The first kappa shape index (κ1) is 16.1. The summed E-state index contributed by atoms with van der Waals surface area (Å²) in [4.78, 5) is -1.25. The zero-order valence-electron chi connectivity index (χ0n) is 10.7. The van der Waals surface area contributed by atoms with Gasteiger partial charge in [-0.05, 0) is 42.5 Å². The summed E-state index contributed by atoms with van der Waals surface area (Å²) < 4.78 is 74.6. The highest BCUT2D eigenvalue weighted by Gasteiger charge is 2.37. The van der Waals surface area contributed by atoms with Gasteiger partial charge in [-0.3, -0.25) is 4.55 Å². The van der Waals surface area contributed by atoms with E-state index in [1.807, 2.05) is 0 Å². The normalized spacial score (nSPS) is 12.2. The molecule has 0 radical (unpaired) electrons. The van der Waals surface area contributed by atoms with E-state index < -0.39 is 26.8 Å². The van der Waals surface area contributed by atoms with Crippen LogP contribution in [-0.4, -0.2) is 18.1 Å². The lowest BCUT2D eigenvalue weighted by Gasteiger charge is -2.13. The van der Waals surface area contributed by atoms with Crippen molar-refractivity contribution in [2.24, 2.45) is 0 Å². The van der Waals surface area contributed by atoms with Crippen LogP contribution in [0.4, 0.5) is 13.2 Å². The van der Waals surface area contributed by atoms with Crippen molar-refractivity contribution in [3.8, 4) is 17.2 Å². The number of alkyl halides is 3. The molecule has 0 aliphatic heterocycles. The zero-order valence-corrected chi connectivity index (χ0v) is 11.5. The van der Waals surface area contributed by atoms with Gasteiger partial charge in [0.2, 0.25) is 0 Å². The van der Waals surface area contributed by atoms with Gasteiger partial charge in [-0.1, -0.05) is 0 Å². The summed E-state index contributed by atoms with van der Waals surface area (Å²) in [5.74, 6) is -0.180. The van der Waals surface area contributed by atoms with Crippen molar-refractivity contribution < 1.29 is 36.0 Å². The van der Waals surface area contributed by atoms with E-state index in [1.54, 1.807) is 0 Å². The number of phenolic OH excluding ortho intramolecular Hbond substituents is 1. The second-order valence-corrected chi connectivity index (χ2v) is 5.62. The minimum atomic E-state index is -5.02. The first-order chi connectivity index (χ1) is 10.1. The third-order valence-corrected chi connectivity index (χ3v) is 3.52. The summed E-state index contributed by atoms with van der Waals surface area (Å²) in [5.41, 5.74) is -1.54. The van der Waals surface area contributed by atoms with E-state index in [0.717, 1.165) is 6.07 Å². The Kier molecular flexibility index (Phi) is 4.03. The summed E-state index contributed by atoms with van der Waals surface area (Å²) in [6, 6.07) is 7.23. The maximum atomic E-state index is 12.9. The van der Waals surface area contributed by atoms with Gasteiger partial charge in [0, 0.05) is 0 Å². The average Bonchev–Trinajstić information content (AvgIpc) is 2.39. The predicted octanol–water partition coefficient (Wildman–Crippen LogP) is 3.45. The van der Waals surface area contributed by atoms with Crippen molar-refractivity contribution in [1.29, 1.82) is 0 Å². The Balaban J connectivity index is 2.45. The molecule has 2 aromatic rings. The molecular formula is C13H9F3O5S. The lowest BCUT2D eigenvalue weighted by atomic mass is 10.2. The standard InChI is InChI=1S/C13H9F3O5S/c14-13(15,16)11-7-10(5-6-12(11)22(18,19)20)21-9-3-1-8(17)2-4-9/h1-7,17H,(H,18,19,20). The molecule has 2 rings (SSSR count). The molecule has 0 saturated heterocycles. The van der Waals surface area contributed by atoms with Crippen LogP contribution >= 0.6 is 0 Å². The molecule has 0 aliphatic rings. The van der Waals surface area contributed by atoms with E-state index in [2.05, 4.69) is 0 Å². The van der Waals surface area contributed by atoms with Gasteiger partial charge < -0.3 is 9.84 Å². The Morgan fingerprint density at radius 3 is 2.00 bits per heavy atom. The van der Waals surface area contributed by atoms with Gasteiger partial charge in [0.05, 0.1) is 5.56 Å². The fraction of sp³-hybridized carbons (Fsp3) is 0.0769. The number of rotatable bonds is 3. The van der Waals surface area contributed by atoms with Crippen LogP contribution in [0.2, 0.25) is 0 Å². The van der Waals surface area contributed by atoms with Crippen molar-refractivity contribution in [2.45, 2.75) is 11.1 Å². The fourth-order valence-corrected chi connectivity index (χ4v) is 2.36. The van der Waals surface area contributed by atoms with Crippen LogP contribution < -0.4 is 4.74 Å². The molecule has 0 amide bonds. The summed E-state index contributed by atoms with van der Waals surface area (Å²) in [6.45, 7) is 0. The summed E-state index contributed by atoms with van der Waals surface area (Å²) in [6.07, 6.45) is -4.99. The van der Waals surface area contributed by atoms with E-state index in [0.29, 0.717) is 12.1 Å². The van der Waals surface area contributed by atoms with E-state index in [1.165, 1.54) is 24.3 Å². The van der Waals surface area contributed by atoms with E-state index in [9.17, 15) is 21.6 Å². The number of ether oxygens (including phenoxy) is 1. The smallest absolute Gasteiger partial charge is 0.417 e. The van der Waals surface area contributed by atoms with E-state index in [4.69, 9.17) is 14.4 Å². The second kappa shape index (κ2) is 5.50. The Labute approximate surface area is 123 Å². The molecule has 118 valence electrons. The number of benzene rings is 2. The Bertz CT molecular complexity index is 782. The number of hydrogen-bond donors (Lipinski definition) is 2. The maximum absolute atomic E-state index is 12.9. The molecule has 9 heteroatoms. The lowest BCUT2D eigenvalue weighted by Crippen LogP contribution is -2.12. The highest BCUT2D eigenvalue weighted by atomic mass is 32.2. The lowest BCUT2D eigenvalue weighted by molar-refractivity contribution is -0.140. The first-order valence-electron chi connectivity index (χ1n) is 5.73. The van der Waals surface area contributed by atoms with Crippen molar-refractivity contribution in [3.63, 3.8) is 0 Å². The molecule has 0 saturated carbocycles. The topological polar surface area (TPSA) is 83.8 Å². The van der Waals surface area contributed by atoms with Crippen LogP contribution in [-0.2, 0) is 16.3 Å². The predicted molar refractivity (Wildman–Crippen MR) is 69.4 cm³/mol. The molecule has 0 fully saturated rings. The maximum Gasteiger partial charge on any atom is 0.417 e. The largest absolute Gasteiger partial charge is 0.508 e. The van der Waals surface area contributed by atoms with Gasteiger partial charge in [-0.2, -0.15) is 21.6 Å². The molecule has 0 spiro atoms. The fourth-order valence-electron chi connectivity index (χ4n) is 1.67. The molecule has 2 N–H and O–H groups in total. The molecule has 0 heterocycles. The van der Waals surface area contributed by atoms with Gasteiger partial charge in [0.15, 0.2) is 0 Å². The highest BCUT2D eigenvalue weighted by molar-refractivity contribution is 7.85. The van der Waals surface area contributed by atoms with Crippen LogP contribution in [0.3, 0.4) is 0 Å². The Morgan fingerprint density at radius 1 is 0.955 bits per heavy atom. The number of phenols is 1. The molecule has 0 atom stereocenters. The van der Waals surface area contributed by atoms with Gasteiger partial charge in [0.25, 0.3) is 10.1 Å². The van der Waals surface area contributed by atoms with Crippen LogP contribution in [0.1, 0.15) is 5.56 Å². The summed E-state index contributed by atoms with van der Waals surface area (Å²) in [5, 5.41) is 9.10. The number of aromatic hydroxyl groups is 1. The molecule has 0 bridgehead atoms. The van der Waals surface area contributed by atoms with Crippen LogP contribution in [0.5, 0.6) is 17.2 Å². The number of hydrogen-bond acceptors (Lipinski definition) is 4. The Hall–Kier alpha value is -2.26. The minimum absolute atomic E-state index is 0.0509. The minimum Gasteiger partial charge on any atom is -0.508 e. The second-order valence-electron chi connectivity index (χ2n) is 4.23. The van der Waals surface area contributed by atoms with Gasteiger partial charge >= 0.3 is 6.18 Å². The van der Waals surface area contributed by atoms with Gasteiger partial charge in [-0.25, -0.2) is 0 Å². The van der Waals surface area contributed by atoms with Crippen LogP contribution in [0.25, 0.3) is 0 Å². The molecule has 22 heavy (non-hydrogen) atoms. The molecule has 0 unspecified atom stereocenters. The van der Waals surface area contributed by atoms with Gasteiger partial charge in [0.1, 0.15) is 22.1 Å². The van der Waals surface area contributed by atoms with Gasteiger partial charge in [-0.15, -0.1) is 0 Å². The van der Waals surface area contributed by atoms with E-state index in [-0.39, 0.29) is 17.2 Å². The Morgan fingerprint density at radius 2 is 1.50 bits per heavy atom. The highest BCUT2D eigenvalue weighted by Crippen LogP contribution is 2.37. The van der Waals surface area contributed by atoms with Crippen molar-refractivity contribution >= 4 is 10.1 Å². The van der Waals surface area contributed by atoms with Crippen LogP contribution in [0, 0.1) is 0 Å². The van der Waals surface area contributed by atoms with Crippen molar-refractivity contribution in [3.05, 3.63) is 48.0 Å². The molecule has 0 aromatic heterocycles. The third kappa shape index (κ3) is 3.68. The number of halogens is 3. The van der Waals surface area contributed by atoms with Crippen LogP contribution in [0.15, 0.2) is 47.4 Å². The molecule has 5 nitrogen and oxygen atoms in total. The zero-order chi connectivity index (χ0) is 16.5. The molecular weight excluding hydrogens is 325 g/mol. The first-order valence-corrected chi connectivity index (χ1v) is 7.17. The average molecular weight is 334 g/mol. The van der Waals surface area contributed by atoms with E-state index >= 15 is 0 Å². The molecule has 0 aliphatic carbocycles. The quantitative estimate of drug-likeness (QED) is 0.840. The van der Waals surface area contributed by atoms with Crippen molar-refractivity contribution in [2.75, 3.05) is 0 Å². The summed E-state index contributed by atoms with van der Waals surface area (Å²) in [7, 11) is -5.02. The molecule has 2 aromatic carbocycles. The van der Waals surface area contributed by atoms with Crippen molar-refractivity contribution in [1.82, 2.24) is 0 Å². The SMILES string of the molecule is O=S(=O)(O)c1ccc(Oc2ccc(O)cc2)cc1C(F)(F)F. The third-order valence-electron chi connectivity index (χ3n) is 2.61. The monoisotopic (exact) mass is 334 g/mol. The summed E-state index contributed by atoms with van der Waals surface area (Å²) >= 11 is 0.